The van der Waals surface area contributed by atoms with E-state index in [4.69, 9.17) is 0 Å². The van der Waals surface area contributed by atoms with Gasteiger partial charge in [0.2, 0.25) is 0 Å². The average Bonchev–Trinajstić information content (AvgIpc) is 2.18. The van der Waals surface area contributed by atoms with Crippen LogP contribution in [0.2, 0.25) is 0 Å². The summed E-state index contributed by atoms with van der Waals surface area (Å²) >= 11 is 0. The first-order valence-electron chi connectivity index (χ1n) is 5.13. The van der Waals surface area contributed by atoms with E-state index in [1.54, 1.807) is 19.3 Å². The summed E-state index contributed by atoms with van der Waals surface area (Å²) in [6, 6.07) is 0.909. The summed E-state index contributed by atoms with van der Waals surface area (Å²) in [7, 11) is 0. The second-order valence-corrected chi connectivity index (χ2v) is 4.88. The predicted octanol–water partition coefficient (Wildman–Crippen LogP) is 2.03. The molecule has 2 aliphatic carbocycles. The van der Waals surface area contributed by atoms with Crippen molar-refractivity contribution in [2.45, 2.75) is 38.1 Å². The maximum atomic E-state index is 3.70. The smallest absolute Gasteiger partial charge is 0.00724 e. The fraction of sp³-hybridized carbons (Fsp3) is 1.00. The molecule has 2 saturated carbocycles. The van der Waals surface area contributed by atoms with Crippen LogP contribution in [0.4, 0.5) is 0 Å². The van der Waals surface area contributed by atoms with E-state index in [9.17, 15) is 0 Å². The van der Waals surface area contributed by atoms with Gasteiger partial charge in [0.15, 0.2) is 0 Å². The molecule has 4 fully saturated rings. The van der Waals surface area contributed by atoms with Gasteiger partial charge in [-0.05, 0) is 56.4 Å². The van der Waals surface area contributed by atoms with Crippen LogP contribution in [-0.2, 0) is 0 Å². The van der Waals surface area contributed by atoms with E-state index in [0.717, 1.165) is 23.8 Å². The van der Waals surface area contributed by atoms with Crippen molar-refractivity contribution in [1.29, 1.82) is 0 Å². The first-order chi connectivity index (χ1) is 5.40. The zero-order chi connectivity index (χ0) is 7.26. The molecule has 0 amide bonds. The molecular formula is C10H19N. The minimum atomic E-state index is 0. The molecule has 0 aromatic carbocycles. The Morgan fingerprint density at radius 3 is 2.18 bits per heavy atom. The first-order valence-corrected chi connectivity index (χ1v) is 5.13. The maximum absolute atomic E-state index is 3.70. The molecule has 2 heterocycles. The van der Waals surface area contributed by atoms with Crippen LogP contribution < -0.4 is 5.32 Å². The van der Waals surface area contributed by atoms with Gasteiger partial charge < -0.3 is 5.32 Å². The normalized spacial score (nSPS) is 54.5. The lowest BCUT2D eigenvalue weighted by atomic mass is 9.68. The Labute approximate surface area is 70.0 Å². The molecule has 2 saturated heterocycles. The van der Waals surface area contributed by atoms with Crippen molar-refractivity contribution in [3.05, 3.63) is 0 Å². The largest absolute Gasteiger partial charge is 0.314 e. The highest BCUT2D eigenvalue weighted by atomic mass is 14.9. The molecule has 2 unspecified atom stereocenters. The molecule has 4 bridgehead atoms. The molecule has 4 rings (SSSR count). The monoisotopic (exact) mass is 153 g/mol. The van der Waals surface area contributed by atoms with E-state index in [0.29, 0.717) is 0 Å². The standard InChI is InChI=1S/C10H17N.H2/c1-7-2-9-3-8(1)5-10(4-7)11-6-9;/h7-11H,1-6H2;1H. The molecule has 0 aromatic rings. The number of hydrogen-bond acceptors (Lipinski definition) is 1. The molecule has 4 aliphatic rings. The molecule has 0 spiro atoms. The number of fused-ring (bicyclic) bond motifs is 1. The van der Waals surface area contributed by atoms with Crippen LogP contribution in [0.25, 0.3) is 0 Å². The van der Waals surface area contributed by atoms with Gasteiger partial charge in [0.05, 0.1) is 0 Å². The maximum Gasteiger partial charge on any atom is 0.00724 e. The van der Waals surface area contributed by atoms with E-state index < -0.39 is 0 Å². The van der Waals surface area contributed by atoms with Crippen LogP contribution in [0, 0.1) is 17.8 Å². The Bertz CT molecular complexity index is 137. The lowest BCUT2D eigenvalue weighted by Gasteiger charge is -2.37. The average molecular weight is 153 g/mol. The Morgan fingerprint density at radius 1 is 0.818 bits per heavy atom. The molecule has 2 aliphatic heterocycles. The highest BCUT2D eigenvalue weighted by Crippen LogP contribution is 2.44. The number of hydrogen-bond donors (Lipinski definition) is 1. The van der Waals surface area contributed by atoms with Crippen LogP contribution in [0.5, 0.6) is 0 Å². The Morgan fingerprint density at radius 2 is 1.45 bits per heavy atom. The second kappa shape index (κ2) is 2.22. The van der Waals surface area contributed by atoms with Gasteiger partial charge in [-0.3, -0.25) is 0 Å². The summed E-state index contributed by atoms with van der Waals surface area (Å²) in [5.74, 6) is 3.26. The zero-order valence-corrected chi connectivity index (χ0v) is 7.05. The van der Waals surface area contributed by atoms with Crippen LogP contribution in [0.15, 0.2) is 0 Å². The zero-order valence-electron chi connectivity index (χ0n) is 7.05. The van der Waals surface area contributed by atoms with Crippen molar-refractivity contribution in [2.75, 3.05) is 6.54 Å². The van der Waals surface area contributed by atoms with Gasteiger partial charge in [-0.25, -0.2) is 0 Å². The fourth-order valence-electron chi connectivity index (χ4n) is 3.66. The van der Waals surface area contributed by atoms with E-state index >= 15 is 0 Å². The summed E-state index contributed by atoms with van der Waals surface area (Å²) in [6.07, 6.45) is 7.63. The van der Waals surface area contributed by atoms with E-state index in [-0.39, 0.29) is 1.43 Å². The van der Waals surface area contributed by atoms with Crippen molar-refractivity contribution >= 4 is 0 Å². The minimum absolute atomic E-state index is 0. The van der Waals surface area contributed by atoms with Gasteiger partial charge in [0.25, 0.3) is 0 Å². The molecule has 1 nitrogen and oxygen atoms in total. The molecule has 0 radical (unpaired) electrons. The summed E-state index contributed by atoms with van der Waals surface area (Å²) in [5.41, 5.74) is 0. The number of rotatable bonds is 0. The molecular weight excluding hydrogens is 134 g/mol. The van der Waals surface area contributed by atoms with Gasteiger partial charge >= 0.3 is 0 Å². The van der Waals surface area contributed by atoms with Gasteiger partial charge in [0, 0.05) is 7.47 Å². The second-order valence-electron chi connectivity index (χ2n) is 4.88. The Hall–Kier alpha value is -0.0400. The summed E-state index contributed by atoms with van der Waals surface area (Å²) in [5, 5.41) is 3.70. The van der Waals surface area contributed by atoms with Crippen LogP contribution in [-0.4, -0.2) is 12.6 Å². The van der Waals surface area contributed by atoms with Crippen molar-refractivity contribution in [1.82, 2.24) is 5.32 Å². The molecule has 0 aromatic heterocycles. The lowest BCUT2D eigenvalue weighted by molar-refractivity contribution is 0.156. The molecule has 11 heavy (non-hydrogen) atoms. The summed E-state index contributed by atoms with van der Waals surface area (Å²) < 4.78 is 0. The Kier molecular flexibility index (Phi) is 1.31. The third-order valence-corrected chi connectivity index (χ3v) is 3.93. The number of nitrogens with one attached hydrogen (secondary N) is 1. The molecule has 1 N–H and O–H groups in total. The first kappa shape index (κ1) is 6.47. The van der Waals surface area contributed by atoms with Gasteiger partial charge in [-0.2, -0.15) is 0 Å². The van der Waals surface area contributed by atoms with Crippen molar-refractivity contribution in [3.8, 4) is 0 Å². The molecule has 64 valence electrons. The third-order valence-electron chi connectivity index (χ3n) is 3.93. The van der Waals surface area contributed by atoms with Gasteiger partial charge in [0.1, 0.15) is 0 Å². The van der Waals surface area contributed by atoms with Crippen LogP contribution in [0.1, 0.15) is 33.5 Å². The van der Waals surface area contributed by atoms with Gasteiger partial charge in [-0.15, -0.1) is 0 Å². The minimum Gasteiger partial charge on any atom is -0.314 e. The Balaban J connectivity index is 0.000000563. The van der Waals surface area contributed by atoms with Crippen LogP contribution in [0.3, 0.4) is 0 Å². The molecule has 2 atom stereocenters. The van der Waals surface area contributed by atoms with Crippen molar-refractivity contribution in [3.63, 3.8) is 0 Å². The van der Waals surface area contributed by atoms with Crippen LogP contribution >= 0.6 is 0 Å². The topological polar surface area (TPSA) is 12.0 Å². The van der Waals surface area contributed by atoms with Crippen molar-refractivity contribution in [2.24, 2.45) is 17.8 Å². The lowest BCUT2D eigenvalue weighted by Crippen LogP contribution is -2.33. The third kappa shape index (κ3) is 1.01. The van der Waals surface area contributed by atoms with E-state index in [2.05, 4.69) is 5.32 Å². The SMILES string of the molecule is C1NC2CC3CC1CC(C3)C2.[HH]. The van der Waals surface area contributed by atoms with E-state index in [1.165, 1.54) is 19.4 Å². The fourth-order valence-corrected chi connectivity index (χ4v) is 3.66. The summed E-state index contributed by atoms with van der Waals surface area (Å²) in [4.78, 5) is 0. The van der Waals surface area contributed by atoms with Crippen molar-refractivity contribution < 1.29 is 1.43 Å². The quantitative estimate of drug-likeness (QED) is 0.561. The van der Waals surface area contributed by atoms with Gasteiger partial charge in [-0.1, -0.05) is 0 Å². The van der Waals surface area contributed by atoms with E-state index in [1.807, 2.05) is 0 Å². The highest BCUT2D eigenvalue weighted by Gasteiger charge is 2.38. The molecule has 1 heteroatoms. The highest BCUT2D eigenvalue weighted by molar-refractivity contribution is 4.93. The predicted molar refractivity (Wildman–Crippen MR) is 47.5 cm³/mol. The summed E-state index contributed by atoms with van der Waals surface area (Å²) in [6.45, 7) is 1.33.